The molecule has 48 heavy (non-hydrogen) atoms. The van der Waals surface area contributed by atoms with E-state index in [1.54, 1.807) is 24.3 Å². The Morgan fingerprint density at radius 3 is 2.60 bits per heavy atom. The van der Waals surface area contributed by atoms with Gasteiger partial charge in [-0.15, -0.1) is 0 Å². The van der Waals surface area contributed by atoms with Crippen LogP contribution in [0.5, 0.6) is 0 Å². The van der Waals surface area contributed by atoms with Gasteiger partial charge >= 0.3 is 6.09 Å². The number of hydrogen-bond acceptors (Lipinski definition) is 9. The molecular formula is C32H35Cl2N5O8S. The van der Waals surface area contributed by atoms with Gasteiger partial charge in [-0.25, -0.2) is 17.9 Å². The summed E-state index contributed by atoms with van der Waals surface area (Å²) >= 11 is 12.2. The first-order valence-electron chi connectivity index (χ1n) is 15.5. The maximum absolute atomic E-state index is 14.0. The van der Waals surface area contributed by atoms with Crippen LogP contribution in [0.2, 0.25) is 10.0 Å². The minimum atomic E-state index is -4.31. The van der Waals surface area contributed by atoms with E-state index in [0.29, 0.717) is 29.6 Å². The minimum Gasteiger partial charge on any atom is -0.444 e. The van der Waals surface area contributed by atoms with Gasteiger partial charge in [0, 0.05) is 35.5 Å². The van der Waals surface area contributed by atoms with Crippen LogP contribution >= 0.6 is 23.2 Å². The molecule has 256 valence electrons. The van der Waals surface area contributed by atoms with Crippen molar-refractivity contribution < 1.29 is 37.1 Å². The summed E-state index contributed by atoms with van der Waals surface area (Å²) in [5, 5.41) is 3.62. The van der Waals surface area contributed by atoms with Crippen LogP contribution in [0.15, 0.2) is 59.5 Å². The maximum atomic E-state index is 14.0. The first-order valence-corrected chi connectivity index (χ1v) is 17.8. The SMILES string of the molecule is N[C@H]1CCOCCC=C[C@@H]2C[C@@]2(C(=O)NS(=O)(=O)c2ccc(Cl)cc2)NC(=O)[C@@H]2C[C@@H](OC(=O)N3Cc4cccc(Cl)c4C3)CN2C1=O. The van der Waals surface area contributed by atoms with Gasteiger partial charge in [0.15, 0.2) is 0 Å². The van der Waals surface area contributed by atoms with Crippen LogP contribution in [0.4, 0.5) is 4.79 Å². The highest BCUT2D eigenvalue weighted by atomic mass is 35.5. The summed E-state index contributed by atoms with van der Waals surface area (Å²) in [7, 11) is -4.31. The number of nitrogens with zero attached hydrogens (tertiary/aromatic N) is 2. The molecule has 0 radical (unpaired) electrons. The van der Waals surface area contributed by atoms with E-state index >= 15 is 0 Å². The molecule has 0 spiro atoms. The number of carbonyl (C=O) groups is 4. The van der Waals surface area contributed by atoms with Gasteiger partial charge < -0.3 is 25.4 Å². The topological polar surface area (TPSA) is 177 Å². The van der Waals surface area contributed by atoms with Crippen molar-refractivity contribution in [1.29, 1.82) is 0 Å². The molecule has 6 rings (SSSR count). The third-order valence-corrected chi connectivity index (χ3v) is 11.1. The van der Waals surface area contributed by atoms with Crippen LogP contribution in [-0.2, 0) is 47.0 Å². The average molecular weight is 721 g/mol. The van der Waals surface area contributed by atoms with Gasteiger partial charge in [0.2, 0.25) is 11.8 Å². The quantitative estimate of drug-likeness (QED) is 0.401. The van der Waals surface area contributed by atoms with Gasteiger partial charge in [-0.2, -0.15) is 0 Å². The fraction of sp³-hybridized carbons (Fsp3) is 0.438. The summed E-state index contributed by atoms with van der Waals surface area (Å²) in [5.74, 6) is -2.70. The number of sulfonamides is 1. The Morgan fingerprint density at radius 2 is 1.85 bits per heavy atom. The lowest BCUT2D eigenvalue weighted by Gasteiger charge is -2.28. The number of benzene rings is 2. The molecule has 2 fully saturated rings. The van der Waals surface area contributed by atoms with Crippen LogP contribution in [0, 0.1) is 5.92 Å². The zero-order valence-electron chi connectivity index (χ0n) is 25.8. The predicted octanol–water partition coefficient (Wildman–Crippen LogP) is 2.49. The number of hydrogen-bond donors (Lipinski definition) is 3. The second-order valence-electron chi connectivity index (χ2n) is 12.4. The first kappa shape index (κ1) is 34.2. The van der Waals surface area contributed by atoms with Crippen LogP contribution < -0.4 is 15.8 Å². The molecule has 4 amide bonds. The first-order chi connectivity index (χ1) is 22.9. The van der Waals surface area contributed by atoms with Gasteiger partial charge in [0.25, 0.3) is 15.9 Å². The van der Waals surface area contributed by atoms with Crippen molar-refractivity contribution in [3.63, 3.8) is 0 Å². The Balaban J connectivity index is 1.22. The number of amides is 4. The number of halogens is 2. The lowest BCUT2D eigenvalue weighted by atomic mass is 10.1. The fourth-order valence-electron chi connectivity index (χ4n) is 6.33. The highest BCUT2D eigenvalue weighted by Gasteiger charge is 2.61. The van der Waals surface area contributed by atoms with Crippen molar-refractivity contribution in [1.82, 2.24) is 19.8 Å². The second kappa shape index (κ2) is 13.7. The van der Waals surface area contributed by atoms with Crippen molar-refractivity contribution in [2.45, 2.75) is 67.4 Å². The summed E-state index contributed by atoms with van der Waals surface area (Å²) in [4.78, 5) is 57.0. The van der Waals surface area contributed by atoms with Gasteiger partial charge in [-0.05, 0) is 60.7 Å². The van der Waals surface area contributed by atoms with E-state index in [2.05, 4.69) is 10.0 Å². The van der Waals surface area contributed by atoms with Crippen LogP contribution in [0.3, 0.4) is 0 Å². The Morgan fingerprint density at radius 1 is 1.08 bits per heavy atom. The summed E-state index contributed by atoms with van der Waals surface area (Å²) in [6.45, 7) is 0.983. The molecule has 2 aromatic rings. The van der Waals surface area contributed by atoms with E-state index in [1.165, 1.54) is 34.1 Å². The number of rotatable bonds is 4. The van der Waals surface area contributed by atoms with E-state index in [0.717, 1.165) is 11.1 Å². The largest absolute Gasteiger partial charge is 0.444 e. The highest BCUT2D eigenvalue weighted by molar-refractivity contribution is 7.90. The van der Waals surface area contributed by atoms with E-state index in [9.17, 15) is 27.6 Å². The third-order valence-electron chi connectivity index (χ3n) is 9.10. The number of nitrogens with one attached hydrogen (secondary N) is 2. The Labute approximate surface area is 287 Å². The fourth-order valence-corrected chi connectivity index (χ4v) is 7.75. The predicted molar refractivity (Wildman–Crippen MR) is 174 cm³/mol. The standard InChI is InChI=1S/C32H35Cl2N5O8S/c33-21-7-9-23(10-8-21)48(44,45)37-30(42)32-15-20(32)5-1-2-12-46-13-11-26(35)29(41)39-17-22(14-27(39)28(40)36-32)47-31(43)38-16-19-4-3-6-25(34)24(19)18-38/h1,3-10,20,22,26-27H,2,11-18,35H2,(H,36,40)(H,37,42)/t20-,22-,26+,27+,32-/m1/s1. The molecule has 13 nitrogen and oxygen atoms in total. The van der Waals surface area contributed by atoms with E-state index in [1.807, 2.05) is 6.07 Å². The number of fused-ring (bicyclic) bond motifs is 3. The summed E-state index contributed by atoms with van der Waals surface area (Å²) in [6.07, 6.45) is 2.80. The Bertz CT molecular complexity index is 1760. The molecule has 1 aliphatic carbocycles. The minimum absolute atomic E-state index is 0.0602. The molecule has 16 heteroatoms. The van der Waals surface area contributed by atoms with E-state index < -0.39 is 63.5 Å². The van der Waals surface area contributed by atoms with Crippen molar-refractivity contribution in [3.8, 4) is 0 Å². The van der Waals surface area contributed by atoms with E-state index in [-0.39, 0.29) is 43.9 Å². The molecule has 3 heterocycles. The molecule has 3 aliphatic heterocycles. The lowest BCUT2D eigenvalue weighted by Crippen LogP contribution is -2.57. The number of carbonyl (C=O) groups excluding carboxylic acids is 4. The smallest absolute Gasteiger partial charge is 0.410 e. The molecule has 4 aliphatic rings. The number of nitrogens with two attached hydrogens (primary N) is 1. The summed E-state index contributed by atoms with van der Waals surface area (Å²) in [6, 6.07) is 8.56. The molecule has 0 aromatic heterocycles. The normalized spacial score (nSPS) is 27.6. The summed E-state index contributed by atoms with van der Waals surface area (Å²) < 4.78 is 39.7. The molecule has 5 atom stereocenters. The molecule has 1 saturated heterocycles. The van der Waals surface area contributed by atoms with Crippen molar-refractivity contribution in [2.75, 3.05) is 19.8 Å². The molecule has 0 bridgehead atoms. The second-order valence-corrected chi connectivity index (χ2v) is 14.9. The molecule has 4 N–H and O–H groups in total. The highest BCUT2D eigenvalue weighted by Crippen LogP contribution is 2.46. The van der Waals surface area contributed by atoms with Crippen LogP contribution in [0.1, 0.15) is 36.8 Å². The molecular weight excluding hydrogens is 685 g/mol. The van der Waals surface area contributed by atoms with Crippen LogP contribution in [-0.4, -0.2) is 85.5 Å². The third kappa shape index (κ3) is 7.03. The van der Waals surface area contributed by atoms with Crippen molar-refractivity contribution >= 4 is 57.0 Å². The molecule has 0 unspecified atom stereocenters. The lowest BCUT2D eigenvalue weighted by molar-refractivity contribution is -0.140. The molecule has 2 aromatic carbocycles. The zero-order valence-corrected chi connectivity index (χ0v) is 28.1. The zero-order chi connectivity index (χ0) is 34.2. The average Bonchev–Trinajstić information content (AvgIpc) is 3.34. The van der Waals surface area contributed by atoms with Gasteiger partial charge in [-0.3, -0.25) is 19.3 Å². The van der Waals surface area contributed by atoms with Gasteiger partial charge in [-0.1, -0.05) is 47.5 Å². The Hall–Kier alpha value is -3.69. The molecule has 1 saturated carbocycles. The maximum Gasteiger partial charge on any atom is 0.410 e. The number of ether oxygens (including phenoxy) is 2. The summed E-state index contributed by atoms with van der Waals surface area (Å²) in [5.41, 5.74) is 6.34. The monoisotopic (exact) mass is 719 g/mol. The van der Waals surface area contributed by atoms with E-state index in [4.69, 9.17) is 38.4 Å². The van der Waals surface area contributed by atoms with Crippen molar-refractivity contribution in [2.24, 2.45) is 11.7 Å². The van der Waals surface area contributed by atoms with Crippen LogP contribution in [0.25, 0.3) is 0 Å². The Kier molecular flexibility index (Phi) is 9.73. The van der Waals surface area contributed by atoms with Gasteiger partial charge in [0.05, 0.1) is 30.6 Å². The van der Waals surface area contributed by atoms with Gasteiger partial charge in [0.1, 0.15) is 17.7 Å². The van der Waals surface area contributed by atoms with Crippen molar-refractivity contribution in [3.05, 3.63) is 75.8 Å².